The number of nitrogens with zero attached hydrogens (tertiary/aromatic N) is 3. The molecule has 122 valence electrons. The SMILES string of the molecule is O=C1C[C@H](C(=O)N2CCC[C@@H]2c2ccncc2)CN1CC1CC1. The molecule has 1 aromatic rings. The summed E-state index contributed by atoms with van der Waals surface area (Å²) in [7, 11) is 0. The third kappa shape index (κ3) is 2.96. The first-order valence-corrected chi connectivity index (χ1v) is 8.70. The first-order valence-electron chi connectivity index (χ1n) is 8.70. The topological polar surface area (TPSA) is 53.5 Å². The van der Waals surface area contributed by atoms with Crippen LogP contribution in [0.1, 0.15) is 43.7 Å². The van der Waals surface area contributed by atoms with Gasteiger partial charge in [0.25, 0.3) is 0 Å². The fourth-order valence-corrected chi connectivity index (χ4v) is 3.92. The van der Waals surface area contributed by atoms with Crippen LogP contribution in [-0.4, -0.2) is 46.2 Å². The highest BCUT2D eigenvalue weighted by atomic mass is 16.2. The van der Waals surface area contributed by atoms with Gasteiger partial charge in [-0.25, -0.2) is 0 Å². The van der Waals surface area contributed by atoms with Gasteiger partial charge in [-0.1, -0.05) is 0 Å². The zero-order valence-corrected chi connectivity index (χ0v) is 13.4. The maximum Gasteiger partial charge on any atom is 0.228 e. The average molecular weight is 313 g/mol. The van der Waals surface area contributed by atoms with E-state index in [9.17, 15) is 9.59 Å². The van der Waals surface area contributed by atoms with E-state index < -0.39 is 0 Å². The number of pyridine rings is 1. The van der Waals surface area contributed by atoms with Crippen LogP contribution >= 0.6 is 0 Å². The molecule has 1 aliphatic carbocycles. The van der Waals surface area contributed by atoms with Crippen molar-refractivity contribution in [2.24, 2.45) is 11.8 Å². The monoisotopic (exact) mass is 313 g/mol. The summed E-state index contributed by atoms with van der Waals surface area (Å²) in [4.78, 5) is 33.1. The molecule has 0 bridgehead atoms. The first kappa shape index (κ1) is 14.7. The van der Waals surface area contributed by atoms with E-state index in [2.05, 4.69) is 4.98 Å². The number of carbonyl (C=O) groups excluding carboxylic acids is 2. The van der Waals surface area contributed by atoms with Gasteiger partial charge in [-0.15, -0.1) is 0 Å². The van der Waals surface area contributed by atoms with Crippen molar-refractivity contribution in [1.29, 1.82) is 0 Å². The van der Waals surface area contributed by atoms with E-state index in [1.54, 1.807) is 12.4 Å². The van der Waals surface area contributed by atoms with Gasteiger partial charge in [0, 0.05) is 38.4 Å². The van der Waals surface area contributed by atoms with Crippen LogP contribution in [0.4, 0.5) is 0 Å². The van der Waals surface area contributed by atoms with Crippen LogP contribution < -0.4 is 0 Å². The van der Waals surface area contributed by atoms with Crippen LogP contribution in [0.5, 0.6) is 0 Å². The van der Waals surface area contributed by atoms with Crippen LogP contribution in [-0.2, 0) is 9.59 Å². The van der Waals surface area contributed by atoms with E-state index in [1.807, 2.05) is 21.9 Å². The molecule has 0 radical (unpaired) electrons. The van der Waals surface area contributed by atoms with Crippen molar-refractivity contribution < 1.29 is 9.59 Å². The molecular weight excluding hydrogens is 290 g/mol. The Hall–Kier alpha value is -1.91. The lowest BCUT2D eigenvalue weighted by Gasteiger charge is -2.27. The molecule has 2 atom stereocenters. The lowest BCUT2D eigenvalue weighted by molar-refractivity contribution is -0.136. The molecule has 3 aliphatic rings. The summed E-state index contributed by atoms with van der Waals surface area (Å²) >= 11 is 0. The van der Waals surface area contributed by atoms with E-state index in [0.717, 1.165) is 31.5 Å². The van der Waals surface area contributed by atoms with Crippen molar-refractivity contribution in [1.82, 2.24) is 14.8 Å². The van der Waals surface area contributed by atoms with Gasteiger partial charge in [0.15, 0.2) is 0 Å². The second-order valence-electron chi connectivity index (χ2n) is 7.11. The molecule has 3 fully saturated rings. The van der Waals surface area contributed by atoms with Crippen LogP contribution in [0.2, 0.25) is 0 Å². The minimum atomic E-state index is -0.149. The number of rotatable bonds is 4. The smallest absolute Gasteiger partial charge is 0.228 e. The lowest BCUT2D eigenvalue weighted by Crippen LogP contribution is -2.37. The van der Waals surface area contributed by atoms with Crippen molar-refractivity contribution in [3.05, 3.63) is 30.1 Å². The Morgan fingerprint density at radius 1 is 1.22 bits per heavy atom. The maximum atomic E-state index is 13.0. The highest BCUT2D eigenvalue weighted by Gasteiger charge is 2.41. The van der Waals surface area contributed by atoms with Crippen molar-refractivity contribution in [3.8, 4) is 0 Å². The number of amides is 2. The van der Waals surface area contributed by atoms with E-state index in [1.165, 1.54) is 12.8 Å². The number of likely N-dealkylation sites (tertiary alicyclic amines) is 2. The normalized spacial score (nSPS) is 27.7. The highest BCUT2D eigenvalue weighted by molar-refractivity contribution is 5.89. The predicted octanol–water partition coefficient (Wildman–Crippen LogP) is 2.00. The Morgan fingerprint density at radius 2 is 2.00 bits per heavy atom. The zero-order valence-electron chi connectivity index (χ0n) is 13.4. The second kappa shape index (κ2) is 5.95. The second-order valence-corrected chi connectivity index (χ2v) is 7.11. The van der Waals surface area contributed by atoms with Crippen LogP contribution in [0.15, 0.2) is 24.5 Å². The molecule has 5 nitrogen and oxygen atoms in total. The van der Waals surface area contributed by atoms with Crippen molar-refractivity contribution >= 4 is 11.8 Å². The van der Waals surface area contributed by atoms with Gasteiger partial charge in [0.1, 0.15) is 0 Å². The van der Waals surface area contributed by atoms with Gasteiger partial charge in [-0.3, -0.25) is 14.6 Å². The highest BCUT2D eigenvalue weighted by Crippen LogP contribution is 2.36. The third-order valence-corrected chi connectivity index (χ3v) is 5.37. The minimum absolute atomic E-state index is 0.149. The van der Waals surface area contributed by atoms with Crippen molar-refractivity contribution in [2.75, 3.05) is 19.6 Å². The Kier molecular flexibility index (Phi) is 3.79. The number of hydrogen-bond acceptors (Lipinski definition) is 3. The van der Waals surface area contributed by atoms with Gasteiger partial charge in [-0.05, 0) is 49.3 Å². The molecule has 1 saturated carbocycles. The molecule has 4 rings (SSSR count). The van der Waals surface area contributed by atoms with Crippen molar-refractivity contribution in [3.63, 3.8) is 0 Å². The Bertz CT molecular complexity index is 600. The van der Waals surface area contributed by atoms with E-state index in [0.29, 0.717) is 18.9 Å². The quantitative estimate of drug-likeness (QED) is 0.854. The van der Waals surface area contributed by atoms with Crippen LogP contribution in [0.25, 0.3) is 0 Å². The molecule has 0 aromatic carbocycles. The summed E-state index contributed by atoms with van der Waals surface area (Å²) in [5.74, 6) is 0.860. The van der Waals surface area contributed by atoms with Gasteiger partial charge in [-0.2, -0.15) is 0 Å². The standard InChI is InChI=1S/C18H23N3O2/c22-17-10-15(12-20(17)11-13-3-4-13)18(23)21-9-1-2-16(21)14-5-7-19-8-6-14/h5-8,13,15-16H,1-4,9-12H2/t15-,16+/m0/s1. The summed E-state index contributed by atoms with van der Waals surface area (Å²) in [6.07, 6.45) is 8.47. The van der Waals surface area contributed by atoms with E-state index in [-0.39, 0.29) is 23.8 Å². The summed E-state index contributed by atoms with van der Waals surface area (Å²) in [5.41, 5.74) is 1.16. The Morgan fingerprint density at radius 3 is 2.74 bits per heavy atom. The molecule has 0 N–H and O–H groups in total. The molecule has 0 unspecified atom stereocenters. The summed E-state index contributed by atoms with van der Waals surface area (Å²) in [6, 6.07) is 4.14. The third-order valence-electron chi connectivity index (χ3n) is 5.37. The molecule has 2 aliphatic heterocycles. The number of hydrogen-bond donors (Lipinski definition) is 0. The molecule has 0 spiro atoms. The maximum absolute atomic E-state index is 13.0. The fraction of sp³-hybridized carbons (Fsp3) is 0.611. The lowest BCUT2D eigenvalue weighted by atomic mass is 10.0. The minimum Gasteiger partial charge on any atom is -0.342 e. The largest absolute Gasteiger partial charge is 0.342 e. The Labute approximate surface area is 136 Å². The van der Waals surface area contributed by atoms with Crippen LogP contribution in [0.3, 0.4) is 0 Å². The summed E-state index contributed by atoms with van der Waals surface area (Å²) in [5, 5.41) is 0. The summed E-state index contributed by atoms with van der Waals surface area (Å²) in [6.45, 7) is 2.28. The van der Waals surface area contributed by atoms with Crippen LogP contribution in [0, 0.1) is 11.8 Å². The van der Waals surface area contributed by atoms with Gasteiger partial charge < -0.3 is 9.80 Å². The molecular formula is C18H23N3O2. The number of carbonyl (C=O) groups is 2. The molecule has 2 amide bonds. The fourth-order valence-electron chi connectivity index (χ4n) is 3.92. The van der Waals surface area contributed by atoms with Crippen molar-refractivity contribution in [2.45, 2.75) is 38.1 Å². The van der Waals surface area contributed by atoms with E-state index in [4.69, 9.17) is 0 Å². The zero-order chi connectivity index (χ0) is 15.8. The molecule has 23 heavy (non-hydrogen) atoms. The molecule has 1 aromatic heterocycles. The average Bonchev–Trinajstić information content (AvgIpc) is 3.12. The predicted molar refractivity (Wildman–Crippen MR) is 85.3 cm³/mol. The van der Waals surface area contributed by atoms with Gasteiger partial charge in [0.05, 0.1) is 12.0 Å². The number of aromatic nitrogens is 1. The van der Waals surface area contributed by atoms with Gasteiger partial charge >= 0.3 is 0 Å². The Balaban J connectivity index is 1.44. The van der Waals surface area contributed by atoms with Gasteiger partial charge in [0.2, 0.25) is 11.8 Å². The molecule has 2 saturated heterocycles. The molecule has 5 heteroatoms. The summed E-state index contributed by atoms with van der Waals surface area (Å²) < 4.78 is 0. The van der Waals surface area contributed by atoms with E-state index >= 15 is 0 Å². The molecule has 3 heterocycles. The first-order chi connectivity index (χ1) is 11.2.